The Labute approximate surface area is 297 Å². The molecule has 2 heterocycles. The van der Waals surface area contributed by atoms with Gasteiger partial charge in [-0.2, -0.15) is 0 Å². The van der Waals surface area contributed by atoms with Crippen LogP contribution in [0.2, 0.25) is 0 Å². The van der Waals surface area contributed by atoms with Crippen molar-refractivity contribution in [3.63, 3.8) is 0 Å². The Bertz CT molecular complexity index is 2830. The van der Waals surface area contributed by atoms with Crippen molar-refractivity contribution in [3.05, 3.63) is 175 Å². The van der Waals surface area contributed by atoms with Crippen LogP contribution in [0.4, 0.5) is 0 Å². The van der Waals surface area contributed by atoms with E-state index in [4.69, 9.17) is 15.0 Å². The molecule has 0 fully saturated rings. The number of aromatic nitrogens is 3. The minimum atomic E-state index is -0.0865. The fourth-order valence-corrected chi connectivity index (χ4v) is 8.31. The highest BCUT2D eigenvalue weighted by Gasteiger charge is 2.37. The topological polar surface area (TPSA) is 38.7 Å². The molecule has 0 amide bonds. The van der Waals surface area contributed by atoms with Gasteiger partial charge in [0.1, 0.15) is 0 Å². The Kier molecular flexibility index (Phi) is 6.53. The van der Waals surface area contributed by atoms with Gasteiger partial charge < -0.3 is 0 Å². The summed E-state index contributed by atoms with van der Waals surface area (Å²) >= 11 is 0. The third kappa shape index (κ3) is 4.62. The standard InChI is InChI=1S/C48H33N3/c1-48(2)42-26-22-33(28-41(42)39-23-21-30-12-6-7-17-35(30)45(39)48)34-24-25-38(37-19-9-8-18-36(34)37)43-29-44(51-47(50-43)32-13-4-3-5-14-32)40-20-10-15-31-16-11-27-49-46(31)40/h3-29H,1-2H3. The lowest BCUT2D eigenvalue weighted by atomic mass is 9.80. The van der Waals surface area contributed by atoms with E-state index in [1.807, 2.05) is 30.5 Å². The van der Waals surface area contributed by atoms with E-state index in [1.54, 1.807) is 0 Å². The maximum atomic E-state index is 5.21. The summed E-state index contributed by atoms with van der Waals surface area (Å²) < 4.78 is 0. The van der Waals surface area contributed by atoms with Crippen molar-refractivity contribution in [2.24, 2.45) is 0 Å². The molecule has 7 aromatic carbocycles. The maximum Gasteiger partial charge on any atom is 0.160 e. The van der Waals surface area contributed by atoms with Gasteiger partial charge in [0.25, 0.3) is 0 Å². The molecule has 0 unspecified atom stereocenters. The number of hydrogen-bond acceptors (Lipinski definition) is 3. The Morgan fingerprint density at radius 3 is 1.94 bits per heavy atom. The zero-order valence-electron chi connectivity index (χ0n) is 28.4. The van der Waals surface area contributed by atoms with Gasteiger partial charge in [0.15, 0.2) is 5.82 Å². The quantitative estimate of drug-likeness (QED) is 0.190. The van der Waals surface area contributed by atoms with Gasteiger partial charge in [-0.15, -0.1) is 0 Å². The summed E-state index contributed by atoms with van der Waals surface area (Å²) in [7, 11) is 0. The number of rotatable bonds is 4. The van der Waals surface area contributed by atoms with Gasteiger partial charge in [0.2, 0.25) is 0 Å². The molecule has 10 rings (SSSR count). The van der Waals surface area contributed by atoms with Gasteiger partial charge >= 0.3 is 0 Å². The Balaban J connectivity index is 1.16. The van der Waals surface area contributed by atoms with Gasteiger partial charge in [-0.1, -0.05) is 153 Å². The minimum absolute atomic E-state index is 0.0865. The van der Waals surface area contributed by atoms with Gasteiger partial charge in [0.05, 0.1) is 16.9 Å². The van der Waals surface area contributed by atoms with E-state index < -0.39 is 0 Å². The van der Waals surface area contributed by atoms with E-state index in [0.717, 1.165) is 44.4 Å². The minimum Gasteiger partial charge on any atom is -0.256 e. The lowest BCUT2D eigenvalue weighted by molar-refractivity contribution is 0.666. The predicted octanol–water partition coefficient (Wildman–Crippen LogP) is 12.3. The van der Waals surface area contributed by atoms with Crippen molar-refractivity contribution in [2.45, 2.75) is 19.3 Å². The smallest absolute Gasteiger partial charge is 0.160 e. The van der Waals surface area contributed by atoms with E-state index >= 15 is 0 Å². The SMILES string of the molecule is CC1(C)c2ccc(-c3ccc(-c4cc(-c5cccc6cccnc56)nc(-c5ccccc5)n4)c4ccccc34)cc2-c2ccc3ccccc3c21. The fraction of sp³-hybridized carbons (Fsp3) is 0.0625. The molecule has 240 valence electrons. The van der Waals surface area contributed by atoms with E-state index in [9.17, 15) is 0 Å². The average Bonchev–Trinajstić information content (AvgIpc) is 3.43. The zero-order chi connectivity index (χ0) is 34.1. The number of benzene rings is 7. The van der Waals surface area contributed by atoms with Crippen molar-refractivity contribution < 1.29 is 0 Å². The molecule has 0 N–H and O–H groups in total. The fourth-order valence-electron chi connectivity index (χ4n) is 8.31. The lowest BCUT2D eigenvalue weighted by Gasteiger charge is -2.23. The zero-order valence-corrected chi connectivity index (χ0v) is 28.4. The van der Waals surface area contributed by atoms with E-state index in [0.29, 0.717) is 5.82 Å². The van der Waals surface area contributed by atoms with Crippen LogP contribution >= 0.6 is 0 Å². The summed E-state index contributed by atoms with van der Waals surface area (Å²) in [6, 6.07) is 56.3. The number of pyridine rings is 1. The normalized spacial score (nSPS) is 13.1. The van der Waals surface area contributed by atoms with Crippen molar-refractivity contribution in [2.75, 3.05) is 0 Å². The molecular formula is C48H33N3. The highest BCUT2D eigenvalue weighted by molar-refractivity contribution is 6.06. The molecule has 0 radical (unpaired) electrons. The molecular weight excluding hydrogens is 619 g/mol. The molecule has 0 saturated heterocycles. The summed E-state index contributed by atoms with van der Waals surface area (Å²) in [6.45, 7) is 4.73. The number of para-hydroxylation sites is 1. The summed E-state index contributed by atoms with van der Waals surface area (Å²) in [4.78, 5) is 15.1. The highest BCUT2D eigenvalue weighted by Crippen LogP contribution is 2.52. The predicted molar refractivity (Wildman–Crippen MR) is 212 cm³/mol. The van der Waals surface area contributed by atoms with Gasteiger partial charge in [0, 0.05) is 33.7 Å². The largest absolute Gasteiger partial charge is 0.256 e. The lowest BCUT2D eigenvalue weighted by Crippen LogP contribution is -2.15. The van der Waals surface area contributed by atoms with Crippen LogP contribution in [-0.2, 0) is 5.41 Å². The van der Waals surface area contributed by atoms with E-state index in [-0.39, 0.29) is 5.41 Å². The second-order valence-electron chi connectivity index (χ2n) is 14.0. The van der Waals surface area contributed by atoms with E-state index in [2.05, 4.69) is 147 Å². The van der Waals surface area contributed by atoms with Crippen LogP contribution in [0, 0.1) is 0 Å². The average molecular weight is 652 g/mol. The summed E-state index contributed by atoms with van der Waals surface area (Å²) in [5.74, 6) is 0.691. The first-order chi connectivity index (χ1) is 25.0. The molecule has 1 aliphatic carbocycles. The van der Waals surface area contributed by atoms with Crippen LogP contribution in [0.3, 0.4) is 0 Å². The molecule has 3 heteroatoms. The molecule has 9 aromatic rings. The first-order valence-corrected chi connectivity index (χ1v) is 17.5. The molecule has 0 aliphatic heterocycles. The molecule has 2 aromatic heterocycles. The molecule has 0 bridgehead atoms. The highest BCUT2D eigenvalue weighted by atomic mass is 14.9. The van der Waals surface area contributed by atoms with Gasteiger partial charge in [-0.25, -0.2) is 9.97 Å². The van der Waals surface area contributed by atoms with Gasteiger partial charge in [-0.3, -0.25) is 4.98 Å². The third-order valence-electron chi connectivity index (χ3n) is 10.7. The second-order valence-corrected chi connectivity index (χ2v) is 14.0. The number of hydrogen-bond donors (Lipinski definition) is 0. The van der Waals surface area contributed by atoms with E-state index in [1.165, 1.54) is 49.5 Å². The monoisotopic (exact) mass is 651 g/mol. The van der Waals surface area contributed by atoms with Crippen molar-refractivity contribution in [3.8, 4) is 56.2 Å². The van der Waals surface area contributed by atoms with Crippen molar-refractivity contribution in [1.29, 1.82) is 0 Å². The Morgan fingerprint density at radius 1 is 0.431 bits per heavy atom. The maximum absolute atomic E-state index is 5.21. The van der Waals surface area contributed by atoms with Crippen LogP contribution in [0.25, 0.3) is 88.6 Å². The summed E-state index contributed by atoms with van der Waals surface area (Å²) in [5, 5.41) is 6.06. The van der Waals surface area contributed by atoms with Gasteiger partial charge in [-0.05, 0) is 73.1 Å². The first-order valence-electron chi connectivity index (χ1n) is 17.5. The van der Waals surface area contributed by atoms with Crippen molar-refractivity contribution in [1.82, 2.24) is 15.0 Å². The first kappa shape index (κ1) is 29.5. The third-order valence-corrected chi connectivity index (χ3v) is 10.7. The Morgan fingerprint density at radius 2 is 1.10 bits per heavy atom. The number of nitrogens with zero attached hydrogens (tertiary/aromatic N) is 3. The van der Waals surface area contributed by atoms with Crippen LogP contribution in [0.1, 0.15) is 25.0 Å². The summed E-state index contributed by atoms with van der Waals surface area (Å²) in [5.41, 5.74) is 13.5. The summed E-state index contributed by atoms with van der Waals surface area (Å²) in [6.07, 6.45) is 1.85. The van der Waals surface area contributed by atoms with Crippen LogP contribution in [-0.4, -0.2) is 15.0 Å². The molecule has 0 spiro atoms. The second kappa shape index (κ2) is 11.3. The van der Waals surface area contributed by atoms with Crippen LogP contribution < -0.4 is 0 Å². The van der Waals surface area contributed by atoms with Crippen LogP contribution in [0.15, 0.2) is 164 Å². The molecule has 1 aliphatic rings. The Hall–Kier alpha value is -6.45. The van der Waals surface area contributed by atoms with Crippen molar-refractivity contribution >= 4 is 32.4 Å². The molecule has 0 atom stereocenters. The number of fused-ring (bicyclic) bond motifs is 7. The van der Waals surface area contributed by atoms with Crippen LogP contribution in [0.5, 0.6) is 0 Å². The molecule has 51 heavy (non-hydrogen) atoms. The molecule has 3 nitrogen and oxygen atoms in total. The molecule has 0 saturated carbocycles.